The van der Waals surface area contributed by atoms with E-state index in [1.807, 2.05) is 0 Å². The lowest BCUT2D eigenvalue weighted by Gasteiger charge is -2.40. The Morgan fingerprint density at radius 3 is 2.92 bits per heavy atom. The van der Waals surface area contributed by atoms with Gasteiger partial charge in [0.05, 0.1) is 24.2 Å². The van der Waals surface area contributed by atoms with Gasteiger partial charge in [0.2, 0.25) is 0 Å². The molecule has 2 saturated heterocycles. The quantitative estimate of drug-likeness (QED) is 0.916. The topological polar surface area (TPSA) is 44.4 Å². The summed E-state index contributed by atoms with van der Waals surface area (Å²) in [4.78, 5) is 13.4. The molecule has 1 aromatic heterocycles. The third kappa shape index (κ3) is 3.34. The second-order valence-corrected chi connectivity index (χ2v) is 7.53. The Labute approximate surface area is 144 Å². The molecule has 4 rings (SSSR count). The molecule has 0 radical (unpaired) electrons. The highest BCUT2D eigenvalue weighted by Gasteiger charge is 2.41. The Kier molecular flexibility index (Phi) is 4.57. The third-order valence-corrected chi connectivity index (χ3v) is 5.68. The molecular formula is C19H28N4O. The van der Waals surface area contributed by atoms with Crippen LogP contribution >= 0.6 is 0 Å². The summed E-state index contributed by atoms with van der Waals surface area (Å²) in [7, 11) is 1.80. The molecule has 1 spiro atoms. The van der Waals surface area contributed by atoms with Gasteiger partial charge in [0, 0.05) is 26.7 Å². The number of para-hydroxylation sites is 2. The standard InChI is InChI=1S/C19H28N4O/c1-24-12-11-22-9-4-7-19(14-22)8-10-23(15-19)13-18-20-16-5-2-3-6-17(16)21-18/h2-3,5-6H,4,7-15H2,1H3,(H,20,21)/t19-/m1/s1. The van der Waals surface area contributed by atoms with Crippen LogP contribution in [0, 0.1) is 5.41 Å². The van der Waals surface area contributed by atoms with Gasteiger partial charge in [-0.3, -0.25) is 4.90 Å². The van der Waals surface area contributed by atoms with Crippen LogP contribution in [0.5, 0.6) is 0 Å². The summed E-state index contributed by atoms with van der Waals surface area (Å²) in [6.07, 6.45) is 4.01. The summed E-state index contributed by atoms with van der Waals surface area (Å²) >= 11 is 0. The minimum absolute atomic E-state index is 0.484. The van der Waals surface area contributed by atoms with Crippen LogP contribution in [0.25, 0.3) is 11.0 Å². The number of hydrogen-bond donors (Lipinski definition) is 1. The first kappa shape index (κ1) is 16.1. The van der Waals surface area contributed by atoms with Crippen molar-refractivity contribution in [3.8, 4) is 0 Å². The number of likely N-dealkylation sites (tertiary alicyclic amines) is 2. The number of methoxy groups -OCH3 is 1. The molecule has 24 heavy (non-hydrogen) atoms. The number of H-pyrrole nitrogens is 1. The van der Waals surface area contributed by atoms with Gasteiger partial charge < -0.3 is 14.6 Å². The maximum atomic E-state index is 5.26. The van der Waals surface area contributed by atoms with E-state index in [0.29, 0.717) is 5.41 Å². The Hall–Kier alpha value is -1.43. The van der Waals surface area contributed by atoms with Gasteiger partial charge in [-0.15, -0.1) is 0 Å². The molecule has 0 bridgehead atoms. The molecule has 2 aliphatic heterocycles. The third-order valence-electron chi connectivity index (χ3n) is 5.68. The Morgan fingerprint density at radius 1 is 1.17 bits per heavy atom. The molecule has 2 fully saturated rings. The first-order valence-corrected chi connectivity index (χ1v) is 9.14. The van der Waals surface area contributed by atoms with Crippen molar-refractivity contribution in [1.29, 1.82) is 0 Å². The van der Waals surface area contributed by atoms with Crippen LogP contribution in [-0.2, 0) is 11.3 Å². The zero-order valence-corrected chi connectivity index (χ0v) is 14.6. The van der Waals surface area contributed by atoms with E-state index >= 15 is 0 Å². The van der Waals surface area contributed by atoms with Crippen LogP contribution in [-0.4, -0.2) is 66.2 Å². The van der Waals surface area contributed by atoms with Crippen molar-refractivity contribution in [2.24, 2.45) is 5.41 Å². The first-order valence-electron chi connectivity index (χ1n) is 9.14. The molecule has 3 heterocycles. The monoisotopic (exact) mass is 328 g/mol. The summed E-state index contributed by atoms with van der Waals surface area (Å²) in [5.41, 5.74) is 2.70. The molecule has 1 atom stereocenters. The lowest BCUT2D eigenvalue weighted by Crippen LogP contribution is -2.45. The number of hydrogen-bond acceptors (Lipinski definition) is 4. The second kappa shape index (κ2) is 6.82. The largest absolute Gasteiger partial charge is 0.383 e. The van der Waals surface area contributed by atoms with E-state index in [1.165, 1.54) is 45.4 Å². The maximum absolute atomic E-state index is 5.26. The fourth-order valence-electron chi connectivity index (χ4n) is 4.51. The average molecular weight is 328 g/mol. The summed E-state index contributed by atoms with van der Waals surface area (Å²) in [5.74, 6) is 1.10. The number of nitrogens with one attached hydrogen (secondary N) is 1. The number of ether oxygens (including phenoxy) is 1. The fraction of sp³-hybridized carbons (Fsp3) is 0.632. The zero-order valence-electron chi connectivity index (χ0n) is 14.6. The normalized spacial score (nSPS) is 25.9. The molecule has 5 heteroatoms. The molecule has 0 saturated carbocycles. The summed E-state index contributed by atoms with van der Waals surface area (Å²) in [6, 6.07) is 8.29. The van der Waals surface area contributed by atoms with Crippen molar-refractivity contribution in [3.05, 3.63) is 30.1 Å². The predicted molar refractivity (Wildman–Crippen MR) is 96.0 cm³/mol. The van der Waals surface area contributed by atoms with Crippen LogP contribution in [0.15, 0.2) is 24.3 Å². The van der Waals surface area contributed by atoms with E-state index in [2.05, 4.69) is 39.0 Å². The number of rotatable bonds is 5. The Morgan fingerprint density at radius 2 is 2.04 bits per heavy atom. The Bertz CT molecular complexity index is 652. The van der Waals surface area contributed by atoms with Gasteiger partial charge in [0.25, 0.3) is 0 Å². The molecule has 5 nitrogen and oxygen atoms in total. The molecule has 1 N–H and O–H groups in total. The highest BCUT2D eigenvalue weighted by atomic mass is 16.5. The van der Waals surface area contributed by atoms with Gasteiger partial charge in [-0.1, -0.05) is 12.1 Å². The smallest absolute Gasteiger partial charge is 0.121 e. The number of imidazole rings is 1. The molecular weight excluding hydrogens is 300 g/mol. The van der Waals surface area contributed by atoms with Crippen molar-refractivity contribution >= 4 is 11.0 Å². The van der Waals surface area contributed by atoms with E-state index < -0.39 is 0 Å². The lowest BCUT2D eigenvalue weighted by molar-refractivity contribution is 0.0672. The van der Waals surface area contributed by atoms with Crippen molar-refractivity contribution in [2.75, 3.05) is 46.4 Å². The van der Waals surface area contributed by atoms with Gasteiger partial charge in [-0.2, -0.15) is 0 Å². The van der Waals surface area contributed by atoms with E-state index in [0.717, 1.165) is 36.6 Å². The number of aromatic amines is 1. The van der Waals surface area contributed by atoms with Crippen molar-refractivity contribution in [2.45, 2.75) is 25.8 Å². The fourth-order valence-corrected chi connectivity index (χ4v) is 4.51. The van der Waals surface area contributed by atoms with Crippen LogP contribution in [0.3, 0.4) is 0 Å². The number of aromatic nitrogens is 2. The Balaban J connectivity index is 1.38. The molecule has 0 amide bonds. The minimum atomic E-state index is 0.484. The number of benzene rings is 1. The van der Waals surface area contributed by atoms with Gasteiger partial charge in [-0.25, -0.2) is 4.98 Å². The van der Waals surface area contributed by atoms with Gasteiger partial charge in [0.15, 0.2) is 0 Å². The summed E-state index contributed by atoms with van der Waals surface area (Å²) < 4.78 is 5.26. The maximum Gasteiger partial charge on any atom is 0.121 e. The number of fused-ring (bicyclic) bond motifs is 1. The van der Waals surface area contributed by atoms with Gasteiger partial charge >= 0.3 is 0 Å². The zero-order chi connectivity index (χ0) is 16.4. The van der Waals surface area contributed by atoms with Crippen molar-refractivity contribution in [3.63, 3.8) is 0 Å². The van der Waals surface area contributed by atoms with E-state index in [4.69, 9.17) is 9.72 Å². The summed E-state index contributed by atoms with van der Waals surface area (Å²) in [5, 5.41) is 0. The number of nitrogens with zero attached hydrogens (tertiary/aromatic N) is 3. The lowest BCUT2D eigenvalue weighted by atomic mass is 9.79. The number of piperidine rings is 1. The van der Waals surface area contributed by atoms with Crippen LogP contribution in [0.2, 0.25) is 0 Å². The predicted octanol–water partition coefficient (Wildman–Crippen LogP) is 2.50. The SMILES string of the molecule is COCCN1CCC[C@@]2(CCN(Cc3nc4ccccc4[nH]3)C2)C1. The van der Waals surface area contributed by atoms with E-state index in [-0.39, 0.29) is 0 Å². The molecule has 1 aromatic carbocycles. The van der Waals surface area contributed by atoms with Crippen molar-refractivity contribution < 1.29 is 4.74 Å². The summed E-state index contributed by atoms with van der Waals surface area (Å²) in [6.45, 7) is 7.71. The minimum Gasteiger partial charge on any atom is -0.383 e. The molecule has 2 aliphatic rings. The highest BCUT2D eigenvalue weighted by molar-refractivity contribution is 5.74. The van der Waals surface area contributed by atoms with Crippen molar-refractivity contribution in [1.82, 2.24) is 19.8 Å². The van der Waals surface area contributed by atoms with Gasteiger partial charge in [-0.05, 0) is 49.9 Å². The molecule has 0 aliphatic carbocycles. The highest BCUT2D eigenvalue weighted by Crippen LogP contribution is 2.39. The second-order valence-electron chi connectivity index (χ2n) is 7.53. The first-order chi connectivity index (χ1) is 11.8. The van der Waals surface area contributed by atoms with E-state index in [1.54, 1.807) is 7.11 Å². The van der Waals surface area contributed by atoms with Crippen LogP contribution in [0.4, 0.5) is 0 Å². The van der Waals surface area contributed by atoms with E-state index in [9.17, 15) is 0 Å². The van der Waals surface area contributed by atoms with Crippen LogP contribution < -0.4 is 0 Å². The molecule has 2 aromatic rings. The average Bonchev–Trinajstić information content (AvgIpc) is 3.17. The van der Waals surface area contributed by atoms with Crippen LogP contribution in [0.1, 0.15) is 25.1 Å². The van der Waals surface area contributed by atoms with Gasteiger partial charge in [0.1, 0.15) is 5.82 Å². The molecule has 0 unspecified atom stereocenters. The molecule has 130 valence electrons.